The van der Waals surface area contributed by atoms with Crippen molar-refractivity contribution >= 4 is 29.1 Å². The van der Waals surface area contributed by atoms with E-state index in [2.05, 4.69) is 17.0 Å². The molecule has 2 aliphatic rings. The van der Waals surface area contributed by atoms with E-state index in [1.165, 1.54) is 11.3 Å². The molecule has 10 heteroatoms. The number of esters is 1. The van der Waals surface area contributed by atoms with Gasteiger partial charge in [0, 0.05) is 24.3 Å². The molecule has 3 aromatic rings. The molecule has 0 amide bonds. The summed E-state index contributed by atoms with van der Waals surface area (Å²) >= 11 is 1.31. The van der Waals surface area contributed by atoms with Crippen LogP contribution >= 0.6 is 11.3 Å². The van der Waals surface area contributed by atoms with Gasteiger partial charge in [0.2, 0.25) is 0 Å². The van der Waals surface area contributed by atoms with E-state index >= 15 is 0 Å². The van der Waals surface area contributed by atoms with E-state index < -0.39 is 12.0 Å². The Labute approximate surface area is 242 Å². The second-order valence-corrected chi connectivity index (χ2v) is 10.7. The molecule has 0 bridgehead atoms. The van der Waals surface area contributed by atoms with Crippen molar-refractivity contribution in [2.75, 3.05) is 52.0 Å². The Morgan fingerprint density at radius 1 is 1.10 bits per heavy atom. The monoisotopic (exact) mass is 577 g/mol. The topological polar surface area (TPSA) is 91.6 Å². The van der Waals surface area contributed by atoms with E-state index in [1.54, 1.807) is 43.9 Å². The number of fused-ring (bicyclic) bond motifs is 1. The normalized spacial score (nSPS) is 17.2. The zero-order valence-corrected chi connectivity index (χ0v) is 24.7. The maximum absolute atomic E-state index is 14.1. The number of hydrogen-bond donors (Lipinski definition) is 0. The molecule has 5 rings (SSSR count). The highest BCUT2D eigenvalue weighted by molar-refractivity contribution is 7.07. The standard InChI is InChI=1S/C31H35N3O6S/c1-5-7-24-27(30(36)40-6-2)28(23-19-22(37-3)12-13-25(23)38-4)34-29(35)26(41-31(34)32-24)18-20-8-10-21(11-9-20)33-14-16-39-17-15-33/h8-13,18-19,28H,5-7,14-17H2,1-4H3/b26-18-/t28-/m0/s1. The molecule has 216 valence electrons. The van der Waals surface area contributed by atoms with Gasteiger partial charge in [-0.25, -0.2) is 9.79 Å². The molecule has 0 unspecified atom stereocenters. The number of hydrogen-bond acceptors (Lipinski definition) is 9. The van der Waals surface area contributed by atoms with Crippen molar-refractivity contribution in [3.63, 3.8) is 0 Å². The van der Waals surface area contributed by atoms with Crippen LogP contribution in [0.1, 0.15) is 43.9 Å². The lowest BCUT2D eigenvalue weighted by Gasteiger charge is -2.28. The van der Waals surface area contributed by atoms with E-state index in [9.17, 15) is 9.59 Å². The first kappa shape index (κ1) is 28.6. The van der Waals surface area contributed by atoms with Gasteiger partial charge in [0.25, 0.3) is 5.56 Å². The quantitative estimate of drug-likeness (QED) is 0.360. The van der Waals surface area contributed by atoms with Crippen LogP contribution in [0.4, 0.5) is 5.69 Å². The average Bonchev–Trinajstić information content (AvgIpc) is 3.31. The minimum atomic E-state index is -0.789. The summed E-state index contributed by atoms with van der Waals surface area (Å²) in [4.78, 5) is 35.2. The fourth-order valence-corrected chi connectivity index (χ4v) is 6.24. The zero-order valence-electron chi connectivity index (χ0n) is 23.8. The summed E-state index contributed by atoms with van der Waals surface area (Å²) in [6.45, 7) is 7.14. The maximum Gasteiger partial charge on any atom is 0.338 e. The average molecular weight is 578 g/mol. The highest BCUT2D eigenvalue weighted by atomic mass is 32.1. The molecule has 3 heterocycles. The molecule has 9 nitrogen and oxygen atoms in total. The molecule has 0 saturated carbocycles. The maximum atomic E-state index is 14.1. The van der Waals surface area contributed by atoms with E-state index in [1.807, 2.05) is 25.1 Å². The Morgan fingerprint density at radius 2 is 1.85 bits per heavy atom. The molecular weight excluding hydrogens is 542 g/mol. The van der Waals surface area contributed by atoms with Gasteiger partial charge in [0.15, 0.2) is 4.80 Å². The van der Waals surface area contributed by atoms with Crippen LogP contribution in [0.15, 0.2) is 63.5 Å². The van der Waals surface area contributed by atoms with Crippen LogP contribution in [0.3, 0.4) is 0 Å². The number of allylic oxidation sites excluding steroid dienone is 1. The Kier molecular flexibility index (Phi) is 8.90. The first-order valence-electron chi connectivity index (χ1n) is 13.9. The van der Waals surface area contributed by atoms with E-state index in [0.717, 1.165) is 44.0 Å². The first-order chi connectivity index (χ1) is 20.0. The third-order valence-corrected chi connectivity index (χ3v) is 8.17. The molecule has 0 radical (unpaired) electrons. The summed E-state index contributed by atoms with van der Waals surface area (Å²) in [5.41, 5.74) is 3.37. The summed E-state index contributed by atoms with van der Waals surface area (Å²) in [6.07, 6.45) is 3.21. The Bertz CT molecular complexity index is 1620. The molecule has 1 atom stereocenters. The van der Waals surface area contributed by atoms with Gasteiger partial charge in [0.05, 0.1) is 49.8 Å². The number of rotatable bonds is 9. The van der Waals surface area contributed by atoms with Crippen molar-refractivity contribution < 1.29 is 23.7 Å². The Morgan fingerprint density at radius 3 is 2.51 bits per heavy atom. The van der Waals surface area contributed by atoms with Gasteiger partial charge in [-0.3, -0.25) is 9.36 Å². The van der Waals surface area contributed by atoms with Crippen molar-refractivity contribution in [2.24, 2.45) is 4.99 Å². The van der Waals surface area contributed by atoms with Crippen LogP contribution in [0.2, 0.25) is 0 Å². The fraction of sp³-hybridized carbons (Fsp3) is 0.387. The second-order valence-electron chi connectivity index (χ2n) is 9.71. The van der Waals surface area contributed by atoms with Crippen LogP contribution in [-0.2, 0) is 14.3 Å². The third-order valence-electron chi connectivity index (χ3n) is 7.19. The Hall–Kier alpha value is -3.89. The number of ether oxygens (including phenoxy) is 4. The van der Waals surface area contributed by atoms with Crippen molar-refractivity contribution in [2.45, 2.75) is 32.7 Å². The predicted molar refractivity (Wildman–Crippen MR) is 159 cm³/mol. The minimum absolute atomic E-state index is 0.203. The summed E-state index contributed by atoms with van der Waals surface area (Å²) in [7, 11) is 3.14. The Balaban J connectivity index is 1.67. The summed E-state index contributed by atoms with van der Waals surface area (Å²) < 4.78 is 24.3. The number of aromatic nitrogens is 1. The largest absolute Gasteiger partial charge is 0.497 e. The van der Waals surface area contributed by atoms with Crippen molar-refractivity contribution in [3.8, 4) is 11.5 Å². The number of anilines is 1. The first-order valence-corrected chi connectivity index (χ1v) is 14.7. The fourth-order valence-electron chi connectivity index (χ4n) is 5.22. The smallest absolute Gasteiger partial charge is 0.338 e. The van der Waals surface area contributed by atoms with Gasteiger partial charge in [-0.15, -0.1) is 0 Å². The number of benzene rings is 2. The number of nitrogens with zero attached hydrogens (tertiary/aromatic N) is 3. The molecule has 0 spiro atoms. The van der Waals surface area contributed by atoms with Crippen LogP contribution in [0.5, 0.6) is 11.5 Å². The molecule has 2 aromatic carbocycles. The second kappa shape index (κ2) is 12.7. The molecule has 1 fully saturated rings. The number of methoxy groups -OCH3 is 2. The lowest BCUT2D eigenvalue weighted by atomic mass is 9.93. The van der Waals surface area contributed by atoms with E-state index in [-0.39, 0.29) is 12.2 Å². The van der Waals surface area contributed by atoms with Gasteiger partial charge in [-0.2, -0.15) is 0 Å². The van der Waals surface area contributed by atoms with Crippen LogP contribution in [-0.4, -0.2) is 57.7 Å². The van der Waals surface area contributed by atoms with Gasteiger partial charge >= 0.3 is 5.97 Å². The summed E-state index contributed by atoms with van der Waals surface area (Å²) in [6, 6.07) is 12.7. The number of carbonyl (C=O) groups is 1. The molecule has 41 heavy (non-hydrogen) atoms. The van der Waals surface area contributed by atoms with Crippen molar-refractivity contribution in [3.05, 3.63) is 84.5 Å². The predicted octanol–water partition coefficient (Wildman–Crippen LogP) is 3.43. The molecule has 0 N–H and O–H groups in total. The highest BCUT2D eigenvalue weighted by Crippen LogP contribution is 2.38. The number of morpholine rings is 1. The lowest BCUT2D eigenvalue weighted by molar-refractivity contribution is -0.139. The molecule has 1 aromatic heterocycles. The van der Waals surface area contributed by atoms with Gasteiger partial charge < -0.3 is 23.8 Å². The molecule has 0 aliphatic carbocycles. The summed E-state index contributed by atoms with van der Waals surface area (Å²) in [5.74, 6) is 0.617. The molecule has 1 saturated heterocycles. The van der Waals surface area contributed by atoms with Gasteiger partial charge in [-0.05, 0) is 55.3 Å². The van der Waals surface area contributed by atoms with Crippen LogP contribution in [0, 0.1) is 0 Å². The zero-order chi connectivity index (χ0) is 28.9. The van der Waals surface area contributed by atoms with Gasteiger partial charge in [-0.1, -0.05) is 36.8 Å². The SMILES string of the molecule is CCCC1=C(C(=O)OCC)[C@H](c2cc(OC)ccc2OC)n2c(s/c(=C\c3ccc(N4CCOCC4)cc3)c2=O)=N1. The summed E-state index contributed by atoms with van der Waals surface area (Å²) in [5, 5.41) is 0. The van der Waals surface area contributed by atoms with Crippen molar-refractivity contribution in [1.29, 1.82) is 0 Å². The van der Waals surface area contributed by atoms with E-state index in [4.69, 9.17) is 23.9 Å². The minimum Gasteiger partial charge on any atom is -0.497 e. The van der Waals surface area contributed by atoms with Crippen LogP contribution < -0.4 is 29.3 Å². The highest BCUT2D eigenvalue weighted by Gasteiger charge is 2.36. The van der Waals surface area contributed by atoms with Crippen molar-refractivity contribution in [1.82, 2.24) is 4.57 Å². The molecule has 2 aliphatic heterocycles. The third kappa shape index (κ3) is 5.80. The number of carbonyl (C=O) groups excluding carboxylic acids is 1. The number of thiazole rings is 1. The van der Waals surface area contributed by atoms with Gasteiger partial charge in [0.1, 0.15) is 17.5 Å². The van der Waals surface area contributed by atoms with Crippen LogP contribution in [0.25, 0.3) is 6.08 Å². The lowest BCUT2D eigenvalue weighted by Crippen LogP contribution is -2.40. The molecular formula is C31H35N3O6S. The van der Waals surface area contributed by atoms with E-state index in [0.29, 0.717) is 44.1 Å².